The molecule has 2 amide bonds. The van der Waals surface area contributed by atoms with E-state index in [1.54, 1.807) is 6.92 Å². The molecule has 0 spiro atoms. The van der Waals surface area contributed by atoms with Crippen LogP contribution >= 0.6 is 0 Å². The summed E-state index contributed by atoms with van der Waals surface area (Å²) in [7, 11) is 0. The van der Waals surface area contributed by atoms with E-state index in [0.29, 0.717) is 0 Å². The fraction of sp³-hybridized carbons (Fsp3) is 0.308. The number of anilines is 1. The van der Waals surface area contributed by atoms with E-state index < -0.39 is 18.0 Å². The van der Waals surface area contributed by atoms with Gasteiger partial charge in [0.15, 0.2) is 0 Å². The first kappa shape index (κ1) is 16.3. The van der Waals surface area contributed by atoms with Crippen molar-refractivity contribution in [3.05, 3.63) is 23.8 Å². The van der Waals surface area contributed by atoms with Crippen LogP contribution in [0.2, 0.25) is 0 Å². The lowest BCUT2D eigenvalue weighted by molar-refractivity contribution is -0.142. The number of rotatable bonds is 6. The first-order valence-electron chi connectivity index (χ1n) is 6.20. The molecule has 0 aliphatic carbocycles. The van der Waals surface area contributed by atoms with Gasteiger partial charge >= 0.3 is 18.0 Å². The largest absolute Gasteiger partial charge is 0.506 e. The minimum atomic E-state index is -1.18. The van der Waals surface area contributed by atoms with Crippen LogP contribution in [-0.2, 0) is 9.53 Å². The SMILES string of the molecule is CCOC(=O)CCNC(=O)Nc1ccc(C(=O)O)cc1O. The summed E-state index contributed by atoms with van der Waals surface area (Å²) in [5, 5.41) is 23.1. The molecule has 0 atom stereocenters. The number of esters is 1. The first-order valence-corrected chi connectivity index (χ1v) is 6.20. The van der Waals surface area contributed by atoms with E-state index in [1.807, 2.05) is 0 Å². The zero-order chi connectivity index (χ0) is 15.8. The third-order valence-electron chi connectivity index (χ3n) is 2.41. The number of phenolic OH excluding ortho intramolecular Hbond substituents is 1. The average Bonchev–Trinajstić information content (AvgIpc) is 2.41. The molecule has 114 valence electrons. The number of benzene rings is 1. The van der Waals surface area contributed by atoms with Gasteiger partial charge in [0, 0.05) is 6.54 Å². The van der Waals surface area contributed by atoms with E-state index in [4.69, 9.17) is 9.84 Å². The van der Waals surface area contributed by atoms with Gasteiger partial charge < -0.3 is 25.6 Å². The number of amides is 2. The highest BCUT2D eigenvalue weighted by Crippen LogP contribution is 2.24. The molecule has 1 aromatic rings. The second-order valence-corrected chi connectivity index (χ2v) is 3.97. The standard InChI is InChI=1S/C13H16N2O6/c1-2-21-11(17)5-6-14-13(20)15-9-4-3-8(12(18)19)7-10(9)16/h3-4,7,16H,2,5-6H2,1H3,(H,18,19)(H2,14,15,20). The number of aromatic hydroxyl groups is 1. The van der Waals surface area contributed by atoms with Crippen LogP contribution in [0.15, 0.2) is 18.2 Å². The van der Waals surface area contributed by atoms with Gasteiger partial charge in [-0.05, 0) is 25.1 Å². The Morgan fingerprint density at radius 3 is 2.57 bits per heavy atom. The fourth-order valence-corrected chi connectivity index (χ4v) is 1.45. The van der Waals surface area contributed by atoms with Crippen LogP contribution in [0, 0.1) is 0 Å². The highest BCUT2D eigenvalue weighted by Gasteiger charge is 2.10. The van der Waals surface area contributed by atoms with Crippen molar-refractivity contribution in [3.63, 3.8) is 0 Å². The summed E-state index contributed by atoms with van der Waals surface area (Å²) in [6.45, 7) is 2.04. The van der Waals surface area contributed by atoms with Crippen molar-refractivity contribution < 1.29 is 29.3 Å². The number of carboxylic acid groups (broad SMARTS) is 1. The molecule has 8 nitrogen and oxygen atoms in total. The van der Waals surface area contributed by atoms with Crippen LogP contribution in [0.1, 0.15) is 23.7 Å². The molecule has 0 radical (unpaired) electrons. The second kappa shape index (κ2) is 7.73. The van der Waals surface area contributed by atoms with Crippen LogP contribution in [-0.4, -0.2) is 41.3 Å². The van der Waals surface area contributed by atoms with Gasteiger partial charge in [0.2, 0.25) is 0 Å². The molecule has 8 heteroatoms. The normalized spacial score (nSPS) is 9.76. The number of aromatic carboxylic acids is 1. The molecule has 0 heterocycles. The van der Waals surface area contributed by atoms with E-state index in [0.717, 1.165) is 6.07 Å². The Balaban J connectivity index is 2.48. The number of hydrogen-bond donors (Lipinski definition) is 4. The Morgan fingerprint density at radius 2 is 2.00 bits per heavy atom. The molecule has 0 fully saturated rings. The number of ether oxygens (including phenoxy) is 1. The number of carbonyl (C=O) groups excluding carboxylic acids is 2. The van der Waals surface area contributed by atoms with Crippen molar-refractivity contribution in [1.82, 2.24) is 5.32 Å². The summed E-state index contributed by atoms with van der Waals surface area (Å²) < 4.78 is 4.69. The molecule has 0 unspecified atom stereocenters. The summed E-state index contributed by atoms with van der Waals surface area (Å²) in [5.41, 5.74) is -0.0330. The third-order valence-corrected chi connectivity index (χ3v) is 2.41. The lowest BCUT2D eigenvalue weighted by Crippen LogP contribution is -2.30. The summed E-state index contributed by atoms with van der Waals surface area (Å²) in [5.74, 6) is -1.97. The van der Waals surface area contributed by atoms with Crippen LogP contribution in [0.5, 0.6) is 5.75 Å². The minimum Gasteiger partial charge on any atom is -0.506 e. The molecule has 0 saturated carbocycles. The van der Waals surface area contributed by atoms with Gasteiger partial charge in [-0.25, -0.2) is 9.59 Å². The van der Waals surface area contributed by atoms with Gasteiger partial charge in [-0.3, -0.25) is 4.79 Å². The van der Waals surface area contributed by atoms with Gasteiger partial charge in [-0.2, -0.15) is 0 Å². The predicted molar refractivity (Wildman–Crippen MR) is 73.3 cm³/mol. The summed E-state index contributed by atoms with van der Waals surface area (Å²) in [4.78, 5) is 33.3. The number of carbonyl (C=O) groups is 3. The first-order chi connectivity index (χ1) is 9.93. The Kier molecular flexibility index (Phi) is 5.99. The average molecular weight is 296 g/mol. The maximum Gasteiger partial charge on any atom is 0.335 e. The number of nitrogens with one attached hydrogen (secondary N) is 2. The highest BCUT2D eigenvalue weighted by atomic mass is 16.5. The number of carboxylic acids is 1. The van der Waals surface area contributed by atoms with E-state index in [-0.39, 0.29) is 36.6 Å². The van der Waals surface area contributed by atoms with E-state index in [2.05, 4.69) is 10.6 Å². The number of hydrogen-bond acceptors (Lipinski definition) is 5. The quantitative estimate of drug-likeness (QED) is 0.461. The summed E-state index contributed by atoms with van der Waals surface area (Å²) in [6.07, 6.45) is 0.0329. The van der Waals surface area contributed by atoms with Gasteiger partial charge in [0.05, 0.1) is 24.3 Å². The van der Waals surface area contributed by atoms with Crippen LogP contribution in [0.25, 0.3) is 0 Å². The molecule has 0 aromatic heterocycles. The van der Waals surface area contributed by atoms with Crippen LogP contribution in [0.3, 0.4) is 0 Å². The molecule has 0 aliphatic rings. The molecule has 1 aromatic carbocycles. The van der Waals surface area contributed by atoms with Gasteiger partial charge in [-0.1, -0.05) is 0 Å². The van der Waals surface area contributed by atoms with Crippen molar-refractivity contribution in [2.24, 2.45) is 0 Å². The zero-order valence-electron chi connectivity index (χ0n) is 11.4. The molecule has 0 bridgehead atoms. The fourth-order valence-electron chi connectivity index (χ4n) is 1.45. The molecule has 1 rings (SSSR count). The molecule has 4 N–H and O–H groups in total. The Labute approximate surface area is 120 Å². The topological polar surface area (TPSA) is 125 Å². The lowest BCUT2D eigenvalue weighted by atomic mass is 10.2. The number of phenols is 1. The zero-order valence-corrected chi connectivity index (χ0v) is 11.4. The maximum absolute atomic E-state index is 11.5. The van der Waals surface area contributed by atoms with Crippen molar-refractivity contribution in [2.45, 2.75) is 13.3 Å². The van der Waals surface area contributed by atoms with Gasteiger partial charge in [0.1, 0.15) is 5.75 Å². The summed E-state index contributed by atoms with van der Waals surface area (Å²) >= 11 is 0. The molecular formula is C13H16N2O6. The minimum absolute atomic E-state index is 0.0329. The Hall–Kier alpha value is -2.77. The summed E-state index contributed by atoms with van der Waals surface area (Å²) in [6, 6.07) is 2.91. The van der Waals surface area contributed by atoms with E-state index in [9.17, 15) is 19.5 Å². The van der Waals surface area contributed by atoms with Crippen molar-refractivity contribution in [1.29, 1.82) is 0 Å². The molecular weight excluding hydrogens is 280 g/mol. The monoisotopic (exact) mass is 296 g/mol. The van der Waals surface area contributed by atoms with Crippen LogP contribution in [0.4, 0.5) is 10.5 Å². The van der Waals surface area contributed by atoms with E-state index in [1.165, 1.54) is 12.1 Å². The van der Waals surface area contributed by atoms with Gasteiger partial charge in [-0.15, -0.1) is 0 Å². The number of urea groups is 1. The Bertz CT molecular complexity index is 543. The van der Waals surface area contributed by atoms with Crippen LogP contribution < -0.4 is 10.6 Å². The Morgan fingerprint density at radius 1 is 1.29 bits per heavy atom. The molecule has 21 heavy (non-hydrogen) atoms. The van der Waals surface area contributed by atoms with Crippen molar-refractivity contribution in [3.8, 4) is 5.75 Å². The van der Waals surface area contributed by atoms with Crippen molar-refractivity contribution >= 4 is 23.7 Å². The predicted octanol–water partition coefficient (Wildman–Crippen LogP) is 1.17. The highest BCUT2D eigenvalue weighted by molar-refractivity contribution is 5.93. The second-order valence-electron chi connectivity index (χ2n) is 3.97. The molecule has 0 aliphatic heterocycles. The smallest absolute Gasteiger partial charge is 0.335 e. The van der Waals surface area contributed by atoms with E-state index >= 15 is 0 Å². The van der Waals surface area contributed by atoms with Gasteiger partial charge in [0.25, 0.3) is 0 Å². The lowest BCUT2D eigenvalue weighted by Gasteiger charge is -2.09. The third kappa shape index (κ3) is 5.39. The molecule has 0 saturated heterocycles. The maximum atomic E-state index is 11.5. The van der Waals surface area contributed by atoms with Crippen molar-refractivity contribution in [2.75, 3.05) is 18.5 Å².